The molecule has 0 saturated carbocycles. The molecule has 1 atom stereocenters. The van der Waals surface area contributed by atoms with Crippen LogP contribution < -0.4 is 5.32 Å². The van der Waals surface area contributed by atoms with Gasteiger partial charge in [0.1, 0.15) is 0 Å². The third-order valence-corrected chi connectivity index (χ3v) is 3.73. The molecule has 19 heavy (non-hydrogen) atoms. The summed E-state index contributed by atoms with van der Waals surface area (Å²) in [4.78, 5) is 4.07. The lowest BCUT2D eigenvalue weighted by molar-refractivity contribution is 0.468. The Bertz CT molecular complexity index is 341. The van der Waals surface area contributed by atoms with E-state index < -0.39 is 0 Å². The summed E-state index contributed by atoms with van der Waals surface area (Å²) in [5.74, 6) is 0. The van der Waals surface area contributed by atoms with Crippen LogP contribution in [0, 0.1) is 0 Å². The highest BCUT2D eigenvalue weighted by molar-refractivity contribution is 6.31. The van der Waals surface area contributed by atoms with Gasteiger partial charge in [-0.05, 0) is 31.0 Å². The minimum Gasteiger partial charge on any atom is -0.310 e. The highest BCUT2D eigenvalue weighted by atomic mass is 35.5. The summed E-state index contributed by atoms with van der Waals surface area (Å²) in [7, 11) is 0. The minimum atomic E-state index is 0.372. The molecule has 108 valence electrons. The molecule has 0 bridgehead atoms. The van der Waals surface area contributed by atoms with Gasteiger partial charge in [-0.1, -0.05) is 57.6 Å². The van der Waals surface area contributed by atoms with Crippen molar-refractivity contribution in [2.45, 2.75) is 64.8 Å². The Morgan fingerprint density at radius 2 is 1.95 bits per heavy atom. The maximum atomic E-state index is 6.26. The van der Waals surface area contributed by atoms with Crippen LogP contribution in [0.4, 0.5) is 0 Å². The van der Waals surface area contributed by atoms with E-state index in [4.69, 9.17) is 11.6 Å². The molecule has 0 radical (unpaired) electrons. The number of nitrogens with zero attached hydrogens (tertiary/aromatic N) is 1. The van der Waals surface area contributed by atoms with Crippen LogP contribution in [0.1, 0.15) is 70.4 Å². The van der Waals surface area contributed by atoms with Crippen molar-refractivity contribution in [2.75, 3.05) is 6.54 Å². The van der Waals surface area contributed by atoms with Crippen LogP contribution in [0.15, 0.2) is 18.5 Å². The Morgan fingerprint density at radius 3 is 2.63 bits per heavy atom. The van der Waals surface area contributed by atoms with E-state index in [2.05, 4.69) is 24.1 Å². The molecule has 1 unspecified atom stereocenters. The molecule has 0 fully saturated rings. The van der Waals surface area contributed by atoms with Gasteiger partial charge < -0.3 is 5.32 Å². The van der Waals surface area contributed by atoms with E-state index in [0.29, 0.717) is 6.04 Å². The van der Waals surface area contributed by atoms with Crippen LogP contribution >= 0.6 is 11.6 Å². The Morgan fingerprint density at radius 1 is 1.16 bits per heavy atom. The number of unbranched alkanes of at least 4 members (excludes halogenated alkanes) is 4. The zero-order valence-electron chi connectivity index (χ0n) is 12.3. The van der Waals surface area contributed by atoms with Crippen molar-refractivity contribution in [1.82, 2.24) is 10.3 Å². The van der Waals surface area contributed by atoms with E-state index >= 15 is 0 Å². The topological polar surface area (TPSA) is 24.9 Å². The fraction of sp³-hybridized carbons (Fsp3) is 0.688. The molecule has 0 amide bonds. The molecular formula is C16H27ClN2. The molecule has 0 aromatic carbocycles. The van der Waals surface area contributed by atoms with Crippen molar-refractivity contribution >= 4 is 11.6 Å². The molecule has 1 aromatic rings. The average molecular weight is 283 g/mol. The average Bonchev–Trinajstić information content (AvgIpc) is 2.43. The molecule has 2 nitrogen and oxygen atoms in total. The minimum absolute atomic E-state index is 0.372. The van der Waals surface area contributed by atoms with Crippen molar-refractivity contribution < 1.29 is 0 Å². The van der Waals surface area contributed by atoms with Gasteiger partial charge in [-0.25, -0.2) is 0 Å². The Labute approximate surface area is 123 Å². The lowest BCUT2D eigenvalue weighted by Crippen LogP contribution is -2.22. The summed E-state index contributed by atoms with van der Waals surface area (Å²) in [6.45, 7) is 5.49. The largest absolute Gasteiger partial charge is 0.310 e. The molecule has 0 saturated heterocycles. The first-order chi connectivity index (χ1) is 9.29. The van der Waals surface area contributed by atoms with Crippen LogP contribution in [-0.2, 0) is 0 Å². The van der Waals surface area contributed by atoms with Crippen LogP contribution in [0.2, 0.25) is 5.02 Å². The van der Waals surface area contributed by atoms with Crippen molar-refractivity contribution in [3.05, 3.63) is 29.0 Å². The summed E-state index contributed by atoms with van der Waals surface area (Å²) < 4.78 is 0. The van der Waals surface area contributed by atoms with Crippen LogP contribution in [-0.4, -0.2) is 11.5 Å². The molecule has 1 aromatic heterocycles. The van der Waals surface area contributed by atoms with Gasteiger partial charge in [-0.2, -0.15) is 0 Å². The molecule has 0 spiro atoms. The highest BCUT2D eigenvalue weighted by Crippen LogP contribution is 2.26. The summed E-state index contributed by atoms with van der Waals surface area (Å²) >= 11 is 6.26. The Kier molecular flexibility index (Phi) is 8.85. The van der Waals surface area contributed by atoms with Crippen molar-refractivity contribution in [3.8, 4) is 0 Å². The van der Waals surface area contributed by atoms with Crippen LogP contribution in [0.5, 0.6) is 0 Å². The first kappa shape index (κ1) is 16.5. The third kappa shape index (κ3) is 6.40. The van der Waals surface area contributed by atoms with E-state index in [0.717, 1.165) is 24.4 Å². The third-order valence-electron chi connectivity index (χ3n) is 3.42. The smallest absolute Gasteiger partial charge is 0.0637 e. The Hall–Kier alpha value is -0.600. The van der Waals surface area contributed by atoms with E-state index in [1.807, 2.05) is 12.3 Å². The van der Waals surface area contributed by atoms with Gasteiger partial charge >= 0.3 is 0 Å². The van der Waals surface area contributed by atoms with Crippen molar-refractivity contribution in [3.63, 3.8) is 0 Å². The standard InChI is InChI=1S/C16H27ClN2/c1-3-5-6-7-8-9-16(19-11-4-2)14-10-12-18-13-15(14)17/h10,12-13,16,19H,3-9,11H2,1-2H3. The molecule has 1 rings (SSSR count). The fourth-order valence-corrected chi connectivity index (χ4v) is 2.56. The first-order valence-electron chi connectivity index (χ1n) is 7.62. The number of halogens is 1. The van der Waals surface area contributed by atoms with E-state index in [-0.39, 0.29) is 0 Å². The van der Waals surface area contributed by atoms with Gasteiger partial charge in [0.2, 0.25) is 0 Å². The normalized spacial score (nSPS) is 12.6. The van der Waals surface area contributed by atoms with E-state index in [1.54, 1.807) is 6.20 Å². The number of hydrogen-bond donors (Lipinski definition) is 1. The molecule has 1 N–H and O–H groups in total. The van der Waals surface area contributed by atoms with Gasteiger partial charge in [-0.15, -0.1) is 0 Å². The quantitative estimate of drug-likeness (QED) is 0.601. The van der Waals surface area contributed by atoms with Gasteiger partial charge in [0, 0.05) is 18.4 Å². The molecule has 0 aliphatic rings. The summed E-state index contributed by atoms with van der Waals surface area (Å²) in [6.07, 6.45) is 12.5. The number of nitrogens with one attached hydrogen (secondary N) is 1. The molecule has 0 aliphatic heterocycles. The summed E-state index contributed by atoms with van der Waals surface area (Å²) in [5.41, 5.74) is 1.20. The van der Waals surface area contributed by atoms with Crippen molar-refractivity contribution in [2.24, 2.45) is 0 Å². The van der Waals surface area contributed by atoms with Crippen LogP contribution in [0.3, 0.4) is 0 Å². The van der Waals surface area contributed by atoms with E-state index in [1.165, 1.54) is 37.7 Å². The highest BCUT2D eigenvalue weighted by Gasteiger charge is 2.13. The summed E-state index contributed by atoms with van der Waals surface area (Å²) in [6, 6.07) is 2.42. The van der Waals surface area contributed by atoms with Gasteiger partial charge in [0.25, 0.3) is 0 Å². The van der Waals surface area contributed by atoms with Gasteiger partial charge in [0.15, 0.2) is 0 Å². The summed E-state index contributed by atoms with van der Waals surface area (Å²) in [5, 5.41) is 4.39. The fourth-order valence-electron chi connectivity index (χ4n) is 2.31. The number of aromatic nitrogens is 1. The number of hydrogen-bond acceptors (Lipinski definition) is 2. The zero-order chi connectivity index (χ0) is 13.9. The Balaban J connectivity index is 2.49. The zero-order valence-corrected chi connectivity index (χ0v) is 13.0. The van der Waals surface area contributed by atoms with E-state index in [9.17, 15) is 0 Å². The van der Waals surface area contributed by atoms with Gasteiger partial charge in [-0.3, -0.25) is 4.98 Å². The predicted molar refractivity (Wildman–Crippen MR) is 83.7 cm³/mol. The van der Waals surface area contributed by atoms with Crippen molar-refractivity contribution in [1.29, 1.82) is 0 Å². The lowest BCUT2D eigenvalue weighted by atomic mass is 10.0. The second-order valence-electron chi connectivity index (χ2n) is 5.11. The SMILES string of the molecule is CCCCCCCC(NCCC)c1ccncc1Cl. The molecule has 3 heteroatoms. The molecule has 0 aliphatic carbocycles. The van der Waals surface area contributed by atoms with Gasteiger partial charge in [0.05, 0.1) is 5.02 Å². The van der Waals surface area contributed by atoms with Crippen LogP contribution in [0.25, 0.3) is 0 Å². The maximum absolute atomic E-state index is 6.26. The second-order valence-corrected chi connectivity index (χ2v) is 5.51. The number of pyridine rings is 1. The first-order valence-corrected chi connectivity index (χ1v) is 8.00. The monoisotopic (exact) mass is 282 g/mol. The molecular weight excluding hydrogens is 256 g/mol. The molecule has 1 heterocycles. The second kappa shape index (κ2) is 10.2. The predicted octanol–water partition coefficient (Wildman–Crippen LogP) is 5.14. The lowest BCUT2D eigenvalue weighted by Gasteiger charge is -2.20. The maximum Gasteiger partial charge on any atom is 0.0637 e. The number of rotatable bonds is 10.